The number of methoxy groups -OCH3 is 1. The summed E-state index contributed by atoms with van der Waals surface area (Å²) in [7, 11) is 1.60. The van der Waals surface area contributed by atoms with Crippen molar-refractivity contribution in [3.8, 4) is 11.8 Å². The van der Waals surface area contributed by atoms with Crippen LogP contribution in [-0.4, -0.2) is 25.4 Å². The first-order valence-corrected chi connectivity index (χ1v) is 4.99. The molecule has 1 aromatic carbocycles. The van der Waals surface area contributed by atoms with Crippen molar-refractivity contribution in [3.05, 3.63) is 29.3 Å². The summed E-state index contributed by atoms with van der Waals surface area (Å²) in [6, 6.07) is 7.49. The first-order chi connectivity index (χ1) is 7.72. The number of nitrogens with zero attached hydrogens (tertiary/aromatic N) is 1. The molecular formula is C12H15NO3. The lowest BCUT2D eigenvalue weighted by molar-refractivity contribution is 0.0581. The molecule has 86 valence electrons. The fourth-order valence-corrected chi connectivity index (χ4v) is 1.44. The maximum Gasteiger partial charge on any atom is 0.169 e. The molecule has 0 spiro atoms. The van der Waals surface area contributed by atoms with E-state index in [4.69, 9.17) is 19.8 Å². The molecule has 1 N–H and O–H groups in total. The molecule has 0 aliphatic rings. The molecule has 0 bridgehead atoms. The number of nitriles is 1. The lowest BCUT2D eigenvalue weighted by Gasteiger charge is -2.12. The molecule has 0 aromatic heterocycles. The summed E-state index contributed by atoms with van der Waals surface area (Å²) in [5.41, 5.74) is 1.72. The first kappa shape index (κ1) is 12.5. The van der Waals surface area contributed by atoms with Gasteiger partial charge in [-0.2, -0.15) is 5.26 Å². The molecule has 1 unspecified atom stereocenters. The van der Waals surface area contributed by atoms with Gasteiger partial charge in [0.15, 0.2) is 6.10 Å². The Labute approximate surface area is 95.0 Å². The quantitative estimate of drug-likeness (QED) is 0.819. The molecule has 0 heterocycles. The maximum absolute atomic E-state index is 8.94. The van der Waals surface area contributed by atoms with Crippen molar-refractivity contribution in [3.63, 3.8) is 0 Å². The van der Waals surface area contributed by atoms with Crippen molar-refractivity contribution >= 4 is 0 Å². The second-order valence-corrected chi connectivity index (χ2v) is 3.33. The van der Waals surface area contributed by atoms with E-state index in [1.165, 1.54) is 0 Å². The van der Waals surface area contributed by atoms with Crippen LogP contribution < -0.4 is 4.74 Å². The second-order valence-electron chi connectivity index (χ2n) is 3.33. The van der Waals surface area contributed by atoms with Gasteiger partial charge in [-0.1, -0.05) is 6.07 Å². The molecule has 16 heavy (non-hydrogen) atoms. The van der Waals surface area contributed by atoms with Gasteiger partial charge in [-0.25, -0.2) is 0 Å². The number of benzene rings is 1. The van der Waals surface area contributed by atoms with E-state index in [-0.39, 0.29) is 13.2 Å². The van der Waals surface area contributed by atoms with Gasteiger partial charge in [0.05, 0.1) is 26.4 Å². The van der Waals surface area contributed by atoms with E-state index in [9.17, 15) is 0 Å². The van der Waals surface area contributed by atoms with Crippen LogP contribution in [0.5, 0.6) is 5.75 Å². The van der Waals surface area contributed by atoms with Crippen LogP contribution in [0, 0.1) is 18.3 Å². The van der Waals surface area contributed by atoms with Crippen molar-refractivity contribution in [2.24, 2.45) is 0 Å². The number of aliphatic hydroxyl groups is 1. The smallest absolute Gasteiger partial charge is 0.169 e. The Bertz CT molecular complexity index is 384. The van der Waals surface area contributed by atoms with Crippen LogP contribution in [0.1, 0.15) is 17.2 Å². The van der Waals surface area contributed by atoms with Crippen LogP contribution in [0.15, 0.2) is 18.2 Å². The molecule has 0 saturated carbocycles. The largest absolute Gasteiger partial charge is 0.496 e. The zero-order valence-electron chi connectivity index (χ0n) is 9.43. The average molecular weight is 221 g/mol. The van der Waals surface area contributed by atoms with Crippen LogP contribution in [0.3, 0.4) is 0 Å². The summed E-state index contributed by atoms with van der Waals surface area (Å²) < 4.78 is 10.3. The molecule has 1 atom stereocenters. The summed E-state index contributed by atoms with van der Waals surface area (Å²) in [6.45, 7) is 1.97. The number of aliphatic hydroxyl groups excluding tert-OH is 1. The second kappa shape index (κ2) is 6.11. The van der Waals surface area contributed by atoms with Crippen molar-refractivity contribution < 1.29 is 14.6 Å². The Kier molecular flexibility index (Phi) is 4.77. The van der Waals surface area contributed by atoms with Gasteiger partial charge in [0.1, 0.15) is 5.75 Å². The summed E-state index contributed by atoms with van der Waals surface area (Å²) in [5.74, 6) is 0.780. The maximum atomic E-state index is 8.94. The summed E-state index contributed by atoms with van der Waals surface area (Å²) in [5, 5.41) is 17.6. The Morgan fingerprint density at radius 3 is 2.75 bits per heavy atom. The molecule has 4 heteroatoms. The topological polar surface area (TPSA) is 62.5 Å². The van der Waals surface area contributed by atoms with E-state index in [1.807, 2.05) is 19.1 Å². The van der Waals surface area contributed by atoms with Gasteiger partial charge in [0.2, 0.25) is 0 Å². The van der Waals surface area contributed by atoms with Gasteiger partial charge in [-0.3, -0.25) is 0 Å². The third-order valence-corrected chi connectivity index (χ3v) is 2.21. The number of ether oxygens (including phenoxy) is 2. The standard InChI is InChI=1S/C12H15NO3/c1-9-7-10(3-4-11(9)15-2)12(8-13)16-6-5-14/h3-4,7,12,14H,5-6H2,1-2H3. The van der Waals surface area contributed by atoms with Crippen LogP contribution in [0.2, 0.25) is 0 Å². The Hall–Kier alpha value is -1.57. The number of hydrogen-bond acceptors (Lipinski definition) is 4. The van der Waals surface area contributed by atoms with Crippen molar-refractivity contribution in [1.82, 2.24) is 0 Å². The number of hydrogen-bond donors (Lipinski definition) is 1. The molecule has 0 aliphatic carbocycles. The molecule has 0 amide bonds. The third-order valence-electron chi connectivity index (χ3n) is 2.21. The predicted molar refractivity (Wildman–Crippen MR) is 59.1 cm³/mol. The fourth-order valence-electron chi connectivity index (χ4n) is 1.44. The van der Waals surface area contributed by atoms with Gasteiger partial charge in [0.25, 0.3) is 0 Å². The normalized spacial score (nSPS) is 11.9. The monoisotopic (exact) mass is 221 g/mol. The molecular weight excluding hydrogens is 206 g/mol. The third kappa shape index (κ3) is 2.96. The number of aryl methyl sites for hydroxylation is 1. The predicted octanol–water partition coefficient (Wildman–Crippen LogP) is 1.58. The van der Waals surface area contributed by atoms with Crippen LogP contribution >= 0.6 is 0 Å². The van der Waals surface area contributed by atoms with E-state index in [0.29, 0.717) is 0 Å². The highest BCUT2D eigenvalue weighted by Crippen LogP contribution is 2.23. The minimum Gasteiger partial charge on any atom is -0.496 e. The first-order valence-electron chi connectivity index (χ1n) is 4.99. The van der Waals surface area contributed by atoms with Gasteiger partial charge in [-0.15, -0.1) is 0 Å². The van der Waals surface area contributed by atoms with Gasteiger partial charge < -0.3 is 14.6 Å². The summed E-state index contributed by atoms with van der Waals surface area (Å²) in [4.78, 5) is 0. The highest BCUT2D eigenvalue weighted by atomic mass is 16.5. The Balaban J connectivity index is 2.86. The molecule has 0 radical (unpaired) electrons. The molecule has 0 fully saturated rings. The summed E-state index contributed by atoms with van der Waals surface area (Å²) in [6.07, 6.45) is -0.642. The lowest BCUT2D eigenvalue weighted by atomic mass is 10.1. The van der Waals surface area contributed by atoms with Crippen LogP contribution in [-0.2, 0) is 4.74 Å². The zero-order chi connectivity index (χ0) is 12.0. The average Bonchev–Trinajstić information content (AvgIpc) is 2.30. The minimum absolute atomic E-state index is 0.0900. The van der Waals surface area contributed by atoms with E-state index >= 15 is 0 Å². The highest BCUT2D eigenvalue weighted by molar-refractivity contribution is 5.38. The number of rotatable bonds is 5. The molecule has 4 nitrogen and oxygen atoms in total. The van der Waals surface area contributed by atoms with E-state index < -0.39 is 6.10 Å². The molecule has 1 rings (SSSR count). The van der Waals surface area contributed by atoms with Gasteiger partial charge in [0, 0.05) is 0 Å². The molecule has 0 aliphatic heterocycles. The van der Waals surface area contributed by atoms with E-state index in [0.717, 1.165) is 16.9 Å². The SMILES string of the molecule is COc1ccc(C(C#N)OCCO)cc1C. The molecule has 1 aromatic rings. The van der Waals surface area contributed by atoms with Crippen LogP contribution in [0.4, 0.5) is 0 Å². The highest BCUT2D eigenvalue weighted by Gasteiger charge is 2.11. The van der Waals surface area contributed by atoms with Gasteiger partial charge >= 0.3 is 0 Å². The summed E-state index contributed by atoms with van der Waals surface area (Å²) >= 11 is 0. The van der Waals surface area contributed by atoms with Crippen molar-refractivity contribution in [2.75, 3.05) is 20.3 Å². The van der Waals surface area contributed by atoms with Crippen LogP contribution in [0.25, 0.3) is 0 Å². The van der Waals surface area contributed by atoms with E-state index in [2.05, 4.69) is 0 Å². The minimum atomic E-state index is -0.642. The lowest BCUT2D eigenvalue weighted by Crippen LogP contribution is -2.06. The Morgan fingerprint density at radius 1 is 1.50 bits per heavy atom. The fraction of sp³-hybridized carbons (Fsp3) is 0.417. The Morgan fingerprint density at radius 2 is 2.25 bits per heavy atom. The van der Waals surface area contributed by atoms with Crippen molar-refractivity contribution in [1.29, 1.82) is 5.26 Å². The van der Waals surface area contributed by atoms with Gasteiger partial charge in [-0.05, 0) is 30.2 Å². The van der Waals surface area contributed by atoms with Crippen molar-refractivity contribution in [2.45, 2.75) is 13.0 Å². The zero-order valence-corrected chi connectivity index (χ0v) is 9.43. The molecule has 0 saturated heterocycles. The van der Waals surface area contributed by atoms with E-state index in [1.54, 1.807) is 19.2 Å².